The van der Waals surface area contributed by atoms with Crippen molar-refractivity contribution in [2.75, 3.05) is 49.5 Å². The van der Waals surface area contributed by atoms with E-state index in [1.54, 1.807) is 0 Å². The van der Waals surface area contributed by atoms with E-state index >= 15 is 0 Å². The molecule has 0 saturated carbocycles. The lowest BCUT2D eigenvalue weighted by atomic mass is 10.0. The first-order valence-corrected chi connectivity index (χ1v) is 11.2. The maximum Gasteiger partial charge on any atom is 0.228 e. The quantitative estimate of drug-likeness (QED) is 0.578. The minimum absolute atomic E-state index is 0.103. The molecule has 2 aromatic rings. The summed E-state index contributed by atoms with van der Waals surface area (Å²) in [5.41, 5.74) is 1.43. The summed E-state index contributed by atoms with van der Waals surface area (Å²) < 4.78 is 0. The van der Waals surface area contributed by atoms with Crippen LogP contribution in [0.5, 0.6) is 0 Å². The zero-order valence-electron chi connectivity index (χ0n) is 16.7. The highest BCUT2D eigenvalue weighted by atomic mass is 32.1. The van der Waals surface area contributed by atoms with Crippen molar-refractivity contribution in [3.05, 3.63) is 10.4 Å². The molecule has 0 aromatic carbocycles. The van der Waals surface area contributed by atoms with Gasteiger partial charge >= 0.3 is 0 Å². The second-order valence-electron chi connectivity index (χ2n) is 7.15. The van der Waals surface area contributed by atoms with Crippen LogP contribution in [0.4, 0.5) is 11.8 Å². The van der Waals surface area contributed by atoms with Crippen LogP contribution in [0.2, 0.25) is 0 Å². The number of hydrogen-bond acceptors (Lipinski definition) is 7. The van der Waals surface area contributed by atoms with E-state index < -0.39 is 0 Å². The zero-order chi connectivity index (χ0) is 19.1. The molecular formula is C20H33N5OS. The van der Waals surface area contributed by atoms with E-state index in [-0.39, 0.29) is 6.61 Å². The Morgan fingerprint density at radius 3 is 2.56 bits per heavy atom. The number of aromatic nitrogens is 2. The van der Waals surface area contributed by atoms with Crippen LogP contribution >= 0.6 is 11.3 Å². The fraction of sp³-hybridized carbons (Fsp3) is 0.700. The van der Waals surface area contributed by atoms with E-state index in [2.05, 4.69) is 29.4 Å². The molecule has 1 aliphatic heterocycles. The van der Waals surface area contributed by atoms with Crippen LogP contribution in [0, 0.1) is 0 Å². The lowest BCUT2D eigenvalue weighted by Crippen LogP contribution is -2.44. The van der Waals surface area contributed by atoms with Gasteiger partial charge in [-0.3, -0.25) is 0 Å². The molecule has 0 amide bonds. The molecule has 1 aliphatic rings. The molecule has 3 N–H and O–H groups in total. The van der Waals surface area contributed by atoms with Crippen molar-refractivity contribution in [1.29, 1.82) is 0 Å². The van der Waals surface area contributed by atoms with E-state index in [0.717, 1.165) is 55.6 Å². The fourth-order valence-electron chi connectivity index (χ4n) is 3.56. The zero-order valence-corrected chi connectivity index (χ0v) is 17.5. The van der Waals surface area contributed by atoms with Gasteiger partial charge < -0.3 is 20.6 Å². The third-order valence-electron chi connectivity index (χ3n) is 5.06. The summed E-state index contributed by atoms with van der Waals surface area (Å²) in [5.74, 6) is 1.71. The number of aliphatic hydroxyl groups is 1. The third-order valence-corrected chi connectivity index (χ3v) is 6.25. The van der Waals surface area contributed by atoms with E-state index in [1.165, 1.54) is 41.5 Å². The summed E-state index contributed by atoms with van der Waals surface area (Å²) in [7, 11) is 0. The van der Waals surface area contributed by atoms with Gasteiger partial charge in [0.15, 0.2) is 0 Å². The van der Waals surface area contributed by atoms with Crippen molar-refractivity contribution in [2.24, 2.45) is 0 Å². The van der Waals surface area contributed by atoms with Gasteiger partial charge in [0.25, 0.3) is 0 Å². The molecule has 1 saturated heterocycles. The Morgan fingerprint density at radius 2 is 1.85 bits per heavy atom. The van der Waals surface area contributed by atoms with E-state index in [9.17, 15) is 5.11 Å². The van der Waals surface area contributed by atoms with E-state index in [0.29, 0.717) is 6.54 Å². The molecular weight excluding hydrogens is 358 g/mol. The van der Waals surface area contributed by atoms with Gasteiger partial charge in [0.05, 0.1) is 12.0 Å². The second kappa shape index (κ2) is 10.2. The number of thiophene rings is 1. The molecule has 3 rings (SSSR count). The van der Waals surface area contributed by atoms with Crippen LogP contribution < -0.4 is 15.5 Å². The normalized spacial score (nSPS) is 14.9. The van der Waals surface area contributed by atoms with Crippen molar-refractivity contribution in [3.63, 3.8) is 0 Å². The first kappa shape index (κ1) is 20.3. The lowest BCUT2D eigenvalue weighted by molar-refractivity contribution is 0.311. The molecule has 1 fully saturated rings. The largest absolute Gasteiger partial charge is 0.395 e. The number of nitrogens with one attached hydrogen (secondary N) is 2. The molecule has 0 unspecified atom stereocenters. The van der Waals surface area contributed by atoms with Crippen LogP contribution in [-0.2, 0) is 12.8 Å². The first-order chi connectivity index (χ1) is 13.3. The van der Waals surface area contributed by atoms with Gasteiger partial charge in [0, 0.05) is 37.6 Å². The summed E-state index contributed by atoms with van der Waals surface area (Å²) in [6.07, 6.45) is 6.99. The highest BCUT2D eigenvalue weighted by Gasteiger charge is 2.21. The highest BCUT2D eigenvalue weighted by Crippen LogP contribution is 2.37. The molecule has 0 radical (unpaired) electrons. The minimum Gasteiger partial charge on any atom is -0.395 e. The number of unbranched alkanes of at least 4 members (excludes halogenated alkanes) is 2. The summed E-state index contributed by atoms with van der Waals surface area (Å²) in [6, 6.07) is 0. The average molecular weight is 392 g/mol. The molecule has 0 spiro atoms. The Labute approximate surface area is 166 Å². The molecule has 150 valence electrons. The Bertz CT molecular complexity index is 727. The van der Waals surface area contributed by atoms with Crippen molar-refractivity contribution in [1.82, 2.24) is 15.3 Å². The number of rotatable bonds is 10. The molecule has 0 atom stereocenters. The van der Waals surface area contributed by atoms with Gasteiger partial charge in [-0.05, 0) is 31.2 Å². The maximum atomic E-state index is 9.33. The van der Waals surface area contributed by atoms with E-state index in [4.69, 9.17) is 9.97 Å². The topological polar surface area (TPSA) is 73.3 Å². The van der Waals surface area contributed by atoms with Crippen LogP contribution in [-0.4, -0.2) is 54.4 Å². The summed E-state index contributed by atoms with van der Waals surface area (Å²) in [4.78, 5) is 14.7. The molecule has 3 heterocycles. The predicted molar refractivity (Wildman–Crippen MR) is 115 cm³/mol. The Kier molecular flexibility index (Phi) is 7.67. The third kappa shape index (κ3) is 4.89. The maximum absolute atomic E-state index is 9.33. The summed E-state index contributed by atoms with van der Waals surface area (Å²) in [5, 5.41) is 17.3. The number of aryl methyl sites for hydroxylation is 2. The number of fused-ring (bicyclic) bond motifs is 1. The molecule has 6 nitrogen and oxygen atoms in total. The second-order valence-corrected chi connectivity index (χ2v) is 8.23. The van der Waals surface area contributed by atoms with Crippen molar-refractivity contribution < 1.29 is 5.11 Å². The number of aliphatic hydroxyl groups excluding tert-OH is 1. The SMILES string of the molecule is CCCCc1sc2nc(N3CCNCC3)nc(NCCO)c2c1CCCC. The lowest BCUT2D eigenvalue weighted by Gasteiger charge is -2.27. The predicted octanol–water partition coefficient (Wildman–Crippen LogP) is 3.19. The van der Waals surface area contributed by atoms with Crippen molar-refractivity contribution >= 4 is 33.3 Å². The number of hydrogen-bond donors (Lipinski definition) is 3. The van der Waals surface area contributed by atoms with Crippen molar-refractivity contribution in [2.45, 2.75) is 52.4 Å². The molecule has 27 heavy (non-hydrogen) atoms. The van der Waals surface area contributed by atoms with Gasteiger partial charge in [-0.1, -0.05) is 26.7 Å². The molecule has 0 aliphatic carbocycles. The van der Waals surface area contributed by atoms with Gasteiger partial charge in [-0.15, -0.1) is 11.3 Å². The van der Waals surface area contributed by atoms with Crippen LogP contribution in [0.25, 0.3) is 10.2 Å². The molecule has 7 heteroatoms. The summed E-state index contributed by atoms with van der Waals surface area (Å²) >= 11 is 1.84. The van der Waals surface area contributed by atoms with Crippen LogP contribution in [0.15, 0.2) is 0 Å². The van der Waals surface area contributed by atoms with Crippen LogP contribution in [0.3, 0.4) is 0 Å². The molecule has 2 aromatic heterocycles. The molecule has 0 bridgehead atoms. The smallest absolute Gasteiger partial charge is 0.228 e. The fourth-order valence-corrected chi connectivity index (χ4v) is 4.81. The van der Waals surface area contributed by atoms with Crippen LogP contribution in [0.1, 0.15) is 50.0 Å². The van der Waals surface area contributed by atoms with Gasteiger partial charge in [-0.2, -0.15) is 4.98 Å². The van der Waals surface area contributed by atoms with Gasteiger partial charge in [0.1, 0.15) is 10.6 Å². The Hall–Kier alpha value is -1.44. The number of nitrogens with zero attached hydrogens (tertiary/aromatic N) is 3. The minimum atomic E-state index is 0.103. The average Bonchev–Trinajstić information content (AvgIpc) is 3.06. The number of anilines is 2. The first-order valence-electron chi connectivity index (χ1n) is 10.4. The van der Waals surface area contributed by atoms with Gasteiger partial charge in [0.2, 0.25) is 5.95 Å². The highest BCUT2D eigenvalue weighted by molar-refractivity contribution is 7.19. The standard InChI is InChI=1S/C20H33N5OS/c1-3-5-7-15-16(8-6-4-2)27-19-17(15)18(22-11-14-26)23-20(24-19)25-12-9-21-10-13-25/h21,26H,3-14H2,1-2H3,(H,22,23,24). The number of piperazine rings is 1. The van der Waals surface area contributed by atoms with Gasteiger partial charge in [-0.25, -0.2) is 4.98 Å². The Balaban J connectivity index is 2.05. The Morgan fingerprint density at radius 1 is 1.11 bits per heavy atom. The monoisotopic (exact) mass is 391 g/mol. The van der Waals surface area contributed by atoms with E-state index in [1.807, 2.05) is 11.3 Å². The van der Waals surface area contributed by atoms with Crippen molar-refractivity contribution in [3.8, 4) is 0 Å². The summed E-state index contributed by atoms with van der Waals surface area (Å²) in [6.45, 7) is 8.90.